The van der Waals surface area contributed by atoms with Crippen LogP contribution in [0.25, 0.3) is 0 Å². The summed E-state index contributed by atoms with van der Waals surface area (Å²) in [5.74, 6) is 0. The van der Waals surface area contributed by atoms with Gasteiger partial charge >= 0.3 is 0 Å². The van der Waals surface area contributed by atoms with Crippen molar-refractivity contribution in [1.82, 2.24) is 20.4 Å². The largest absolute Gasteiger partial charge is 0.302 e. The van der Waals surface area contributed by atoms with Gasteiger partial charge in [0.15, 0.2) is 0 Å². The van der Waals surface area contributed by atoms with Crippen molar-refractivity contribution in [2.75, 3.05) is 46.9 Å². The Balaban J connectivity index is 2.30. The molecule has 1 fully saturated rings. The van der Waals surface area contributed by atoms with Crippen molar-refractivity contribution >= 4 is 0 Å². The molecule has 0 atom stereocenters. The van der Waals surface area contributed by atoms with Crippen LogP contribution in [0.3, 0.4) is 0 Å². The first-order valence-electron chi connectivity index (χ1n) is 6.02. The molecule has 0 aliphatic carbocycles. The topological polar surface area (TPSA) is 30.5 Å². The van der Waals surface area contributed by atoms with Crippen molar-refractivity contribution in [1.29, 1.82) is 0 Å². The van der Waals surface area contributed by atoms with Gasteiger partial charge in [-0.15, -0.1) is 0 Å². The van der Waals surface area contributed by atoms with Gasteiger partial charge in [0.25, 0.3) is 0 Å². The van der Waals surface area contributed by atoms with Gasteiger partial charge in [0.1, 0.15) is 0 Å². The minimum Gasteiger partial charge on any atom is -0.302 e. The standard InChI is InChI=1S/C11H26N4/c1-11-12-6-4-8-14(2)10-15(3)9-5-7-13-11/h11-13H,4-10H2,1-3H3. The fourth-order valence-electron chi connectivity index (χ4n) is 1.96. The van der Waals surface area contributed by atoms with Gasteiger partial charge in [-0.25, -0.2) is 0 Å². The van der Waals surface area contributed by atoms with Gasteiger partial charge in [-0.3, -0.25) is 9.80 Å². The predicted octanol–water partition coefficient (Wildman–Crippen LogP) is 0.127. The molecule has 90 valence electrons. The van der Waals surface area contributed by atoms with E-state index in [1.807, 2.05) is 0 Å². The van der Waals surface area contributed by atoms with Crippen molar-refractivity contribution in [3.63, 3.8) is 0 Å². The number of nitrogens with zero attached hydrogens (tertiary/aromatic N) is 2. The van der Waals surface area contributed by atoms with E-state index >= 15 is 0 Å². The van der Waals surface area contributed by atoms with Crippen molar-refractivity contribution in [2.45, 2.75) is 25.9 Å². The summed E-state index contributed by atoms with van der Waals surface area (Å²) in [4.78, 5) is 4.78. The van der Waals surface area contributed by atoms with Crippen LogP contribution >= 0.6 is 0 Å². The summed E-state index contributed by atoms with van der Waals surface area (Å²) in [5, 5.41) is 6.96. The normalized spacial score (nSPS) is 25.8. The van der Waals surface area contributed by atoms with Gasteiger partial charge < -0.3 is 10.6 Å². The summed E-state index contributed by atoms with van der Waals surface area (Å²) >= 11 is 0. The summed E-state index contributed by atoms with van der Waals surface area (Å²) in [6, 6.07) is 0. The molecule has 0 amide bonds. The van der Waals surface area contributed by atoms with E-state index in [9.17, 15) is 0 Å². The Labute approximate surface area is 94.0 Å². The van der Waals surface area contributed by atoms with Gasteiger partial charge in [-0.05, 0) is 47.0 Å². The third-order valence-electron chi connectivity index (χ3n) is 2.82. The van der Waals surface area contributed by atoms with E-state index in [4.69, 9.17) is 0 Å². The van der Waals surface area contributed by atoms with Crippen LogP contribution in [0, 0.1) is 0 Å². The van der Waals surface area contributed by atoms with Crippen molar-refractivity contribution in [2.24, 2.45) is 0 Å². The second-order valence-corrected chi connectivity index (χ2v) is 4.64. The lowest BCUT2D eigenvalue weighted by atomic mass is 10.3. The molecule has 0 aromatic heterocycles. The molecule has 1 heterocycles. The number of hydrogen-bond donors (Lipinski definition) is 2. The third kappa shape index (κ3) is 6.10. The third-order valence-corrected chi connectivity index (χ3v) is 2.82. The average molecular weight is 214 g/mol. The van der Waals surface area contributed by atoms with Crippen LogP contribution in [-0.2, 0) is 0 Å². The van der Waals surface area contributed by atoms with Gasteiger partial charge in [0, 0.05) is 13.1 Å². The Morgan fingerprint density at radius 3 is 1.87 bits per heavy atom. The van der Waals surface area contributed by atoms with Crippen LogP contribution in [-0.4, -0.2) is 62.9 Å². The Hall–Kier alpha value is -0.160. The fourth-order valence-corrected chi connectivity index (χ4v) is 1.96. The number of rotatable bonds is 0. The van der Waals surface area contributed by atoms with E-state index in [0.717, 1.165) is 19.8 Å². The minimum absolute atomic E-state index is 0.444. The molecular weight excluding hydrogens is 188 g/mol. The maximum Gasteiger partial charge on any atom is 0.0542 e. The lowest BCUT2D eigenvalue weighted by Gasteiger charge is -2.26. The van der Waals surface area contributed by atoms with E-state index in [1.54, 1.807) is 0 Å². The van der Waals surface area contributed by atoms with E-state index in [0.29, 0.717) is 6.17 Å². The minimum atomic E-state index is 0.444. The van der Waals surface area contributed by atoms with Gasteiger partial charge in [0.05, 0.1) is 12.8 Å². The second kappa shape index (κ2) is 7.17. The van der Waals surface area contributed by atoms with Crippen LogP contribution < -0.4 is 10.6 Å². The Morgan fingerprint density at radius 1 is 0.933 bits per heavy atom. The van der Waals surface area contributed by atoms with Crippen LogP contribution in [0.4, 0.5) is 0 Å². The summed E-state index contributed by atoms with van der Waals surface area (Å²) in [7, 11) is 4.40. The highest BCUT2D eigenvalue weighted by Crippen LogP contribution is 1.94. The lowest BCUT2D eigenvalue weighted by molar-refractivity contribution is 0.176. The first kappa shape index (κ1) is 12.9. The molecule has 1 aliphatic rings. The molecule has 0 radical (unpaired) electrons. The SMILES string of the molecule is CC1NCCCN(C)CN(C)CCCN1. The lowest BCUT2D eigenvalue weighted by Crippen LogP contribution is -2.43. The number of hydrogen-bond acceptors (Lipinski definition) is 4. The molecule has 0 aromatic rings. The molecule has 0 saturated carbocycles. The van der Waals surface area contributed by atoms with Crippen LogP contribution in [0.5, 0.6) is 0 Å². The van der Waals surface area contributed by atoms with Gasteiger partial charge in [-0.2, -0.15) is 0 Å². The molecule has 15 heavy (non-hydrogen) atoms. The molecule has 4 heteroatoms. The van der Waals surface area contributed by atoms with Crippen LogP contribution in [0.2, 0.25) is 0 Å². The maximum absolute atomic E-state index is 3.48. The Kier molecular flexibility index (Phi) is 6.17. The molecule has 0 spiro atoms. The zero-order valence-corrected chi connectivity index (χ0v) is 10.4. The van der Waals surface area contributed by atoms with E-state index in [-0.39, 0.29) is 0 Å². The van der Waals surface area contributed by atoms with Crippen molar-refractivity contribution in [3.05, 3.63) is 0 Å². The quantitative estimate of drug-likeness (QED) is 0.600. The maximum atomic E-state index is 3.48. The molecule has 4 nitrogen and oxygen atoms in total. The molecular formula is C11H26N4. The summed E-state index contributed by atoms with van der Waals surface area (Å²) < 4.78 is 0. The first-order valence-corrected chi connectivity index (χ1v) is 6.02. The molecule has 0 bridgehead atoms. The zero-order valence-electron chi connectivity index (χ0n) is 10.4. The molecule has 0 unspecified atom stereocenters. The van der Waals surface area contributed by atoms with Crippen molar-refractivity contribution < 1.29 is 0 Å². The first-order chi connectivity index (χ1) is 7.18. The van der Waals surface area contributed by atoms with E-state index < -0.39 is 0 Å². The fraction of sp³-hybridized carbons (Fsp3) is 1.00. The van der Waals surface area contributed by atoms with E-state index in [1.165, 1.54) is 25.9 Å². The molecule has 1 saturated heterocycles. The smallest absolute Gasteiger partial charge is 0.0542 e. The highest BCUT2D eigenvalue weighted by Gasteiger charge is 2.06. The number of nitrogens with one attached hydrogen (secondary N) is 2. The Morgan fingerprint density at radius 2 is 1.40 bits per heavy atom. The van der Waals surface area contributed by atoms with Crippen molar-refractivity contribution in [3.8, 4) is 0 Å². The van der Waals surface area contributed by atoms with Crippen LogP contribution in [0.1, 0.15) is 19.8 Å². The summed E-state index contributed by atoms with van der Waals surface area (Å²) in [6.07, 6.45) is 2.88. The summed E-state index contributed by atoms with van der Waals surface area (Å²) in [6.45, 7) is 7.81. The highest BCUT2D eigenvalue weighted by molar-refractivity contribution is 4.63. The Bertz CT molecular complexity index is 147. The second-order valence-electron chi connectivity index (χ2n) is 4.64. The summed E-state index contributed by atoms with van der Waals surface area (Å²) in [5.41, 5.74) is 0. The average Bonchev–Trinajstić information content (AvgIpc) is 2.18. The predicted molar refractivity (Wildman–Crippen MR) is 64.8 cm³/mol. The van der Waals surface area contributed by atoms with Crippen LogP contribution in [0.15, 0.2) is 0 Å². The van der Waals surface area contributed by atoms with Gasteiger partial charge in [-0.1, -0.05) is 0 Å². The molecule has 0 aromatic carbocycles. The van der Waals surface area contributed by atoms with Gasteiger partial charge in [0.2, 0.25) is 0 Å². The molecule has 1 aliphatic heterocycles. The van der Waals surface area contributed by atoms with E-state index in [2.05, 4.69) is 41.5 Å². The molecule has 2 N–H and O–H groups in total. The zero-order chi connectivity index (χ0) is 11.1. The highest BCUT2D eigenvalue weighted by atomic mass is 15.3. The molecule has 1 rings (SSSR count). The monoisotopic (exact) mass is 214 g/mol.